The Bertz CT molecular complexity index is 1320. The molecule has 0 aliphatic rings. The summed E-state index contributed by atoms with van der Waals surface area (Å²) >= 11 is 0. The lowest BCUT2D eigenvalue weighted by molar-refractivity contribution is 0.173. The topological polar surface area (TPSA) is 117 Å². The second-order valence-electron chi connectivity index (χ2n) is 7.93. The molecule has 0 saturated carbocycles. The minimum Gasteiger partial charge on any atom is -0.497 e. The quantitative estimate of drug-likeness (QED) is 0.308. The van der Waals surface area contributed by atoms with Gasteiger partial charge in [0, 0.05) is 27.3 Å². The summed E-state index contributed by atoms with van der Waals surface area (Å²) in [6.45, 7) is 0.527. The molecule has 0 radical (unpaired) electrons. The van der Waals surface area contributed by atoms with Crippen LogP contribution in [-0.4, -0.2) is 71.8 Å². The smallest absolute Gasteiger partial charge is 0.243 e. The van der Waals surface area contributed by atoms with Crippen LogP contribution in [0.25, 0.3) is 0 Å². The maximum atomic E-state index is 13.5. The number of rotatable bonds is 14. The first-order valence-corrected chi connectivity index (χ1v) is 14.3. The Balaban J connectivity index is 1.97. The first kappa shape index (κ1) is 27.8. The van der Waals surface area contributed by atoms with Crippen molar-refractivity contribution in [1.29, 1.82) is 0 Å². The number of imidazole rings is 1. The monoisotopic (exact) mass is 537 g/mol. The summed E-state index contributed by atoms with van der Waals surface area (Å²) in [5.74, 6) is 0.303. The van der Waals surface area contributed by atoms with E-state index in [0.29, 0.717) is 17.0 Å². The van der Waals surface area contributed by atoms with Crippen LogP contribution in [0.15, 0.2) is 70.8 Å². The highest BCUT2D eigenvalue weighted by molar-refractivity contribution is 7.90. The molecule has 0 bridgehead atoms. The van der Waals surface area contributed by atoms with Crippen LogP contribution in [0.4, 0.5) is 0 Å². The molecule has 0 aliphatic carbocycles. The molecule has 0 aliphatic heterocycles. The van der Waals surface area contributed by atoms with Gasteiger partial charge in [-0.3, -0.25) is 0 Å². The summed E-state index contributed by atoms with van der Waals surface area (Å²) in [6.07, 6.45) is 1.40. The number of sulfone groups is 1. The van der Waals surface area contributed by atoms with Gasteiger partial charge in [0.2, 0.25) is 25.0 Å². The lowest BCUT2D eigenvalue weighted by atomic mass is 10.2. The van der Waals surface area contributed by atoms with Crippen LogP contribution in [0, 0.1) is 0 Å². The van der Waals surface area contributed by atoms with Gasteiger partial charge in [0.1, 0.15) is 5.75 Å². The fourth-order valence-electron chi connectivity index (χ4n) is 3.60. The average Bonchev–Trinajstić information content (AvgIpc) is 3.28. The third kappa shape index (κ3) is 6.71. The van der Waals surface area contributed by atoms with E-state index in [1.54, 1.807) is 36.4 Å². The van der Waals surface area contributed by atoms with Crippen molar-refractivity contribution in [3.8, 4) is 5.75 Å². The van der Waals surface area contributed by atoms with Gasteiger partial charge in [-0.2, -0.15) is 4.31 Å². The molecule has 0 N–H and O–H groups in total. The van der Waals surface area contributed by atoms with Gasteiger partial charge in [0.05, 0.1) is 49.4 Å². The fourth-order valence-corrected chi connectivity index (χ4v) is 6.51. The van der Waals surface area contributed by atoms with E-state index in [1.807, 2.05) is 6.07 Å². The molecule has 0 fully saturated rings. The zero-order chi connectivity index (χ0) is 26.2. The number of aromatic nitrogens is 2. The van der Waals surface area contributed by atoms with Gasteiger partial charge in [0.25, 0.3) is 0 Å². The summed E-state index contributed by atoms with van der Waals surface area (Å²) in [4.78, 5) is 4.28. The van der Waals surface area contributed by atoms with Crippen LogP contribution in [0.2, 0.25) is 0 Å². The largest absolute Gasteiger partial charge is 0.497 e. The van der Waals surface area contributed by atoms with E-state index >= 15 is 0 Å². The highest BCUT2D eigenvalue weighted by atomic mass is 32.2. The highest BCUT2D eigenvalue weighted by Gasteiger charge is 2.29. The second kappa shape index (κ2) is 12.5. The summed E-state index contributed by atoms with van der Waals surface area (Å²) in [5.41, 5.74) is 1.05. The molecule has 1 aromatic heterocycles. The van der Waals surface area contributed by atoms with Crippen molar-refractivity contribution in [1.82, 2.24) is 13.9 Å². The molecule has 10 nitrogen and oxygen atoms in total. The number of ether oxygens (including phenoxy) is 3. The van der Waals surface area contributed by atoms with E-state index in [2.05, 4.69) is 4.98 Å². The number of methoxy groups -OCH3 is 3. The van der Waals surface area contributed by atoms with Gasteiger partial charge >= 0.3 is 0 Å². The highest BCUT2D eigenvalue weighted by Crippen LogP contribution is 2.23. The molecule has 0 atom stereocenters. The van der Waals surface area contributed by atoms with Gasteiger partial charge in [-0.1, -0.05) is 30.3 Å². The second-order valence-corrected chi connectivity index (χ2v) is 11.7. The number of nitrogens with zero attached hydrogens (tertiary/aromatic N) is 3. The first-order valence-electron chi connectivity index (χ1n) is 11.2. The molecule has 3 rings (SSSR count). The Labute approximate surface area is 212 Å². The summed E-state index contributed by atoms with van der Waals surface area (Å²) < 4.78 is 71.6. The predicted molar refractivity (Wildman–Crippen MR) is 134 cm³/mol. The Kier molecular flexibility index (Phi) is 9.63. The molecular formula is C24H31N3O7S2. The maximum Gasteiger partial charge on any atom is 0.243 e. The van der Waals surface area contributed by atoms with Crippen molar-refractivity contribution >= 4 is 19.9 Å². The molecule has 3 aromatic rings. The van der Waals surface area contributed by atoms with Crippen LogP contribution in [0.5, 0.6) is 5.75 Å². The van der Waals surface area contributed by atoms with Crippen molar-refractivity contribution in [2.45, 2.75) is 28.9 Å². The molecular weight excluding hydrogens is 506 g/mol. The Morgan fingerprint density at radius 3 is 2.17 bits per heavy atom. The van der Waals surface area contributed by atoms with Crippen LogP contribution in [-0.2, 0) is 48.2 Å². The molecule has 0 spiro atoms. The van der Waals surface area contributed by atoms with E-state index in [1.165, 1.54) is 48.5 Å². The minimum absolute atomic E-state index is 0.0619. The lowest BCUT2D eigenvalue weighted by Gasteiger charge is -2.23. The molecule has 0 unspecified atom stereocenters. The van der Waals surface area contributed by atoms with Gasteiger partial charge in [0.15, 0.2) is 0 Å². The number of sulfonamides is 1. The van der Waals surface area contributed by atoms with E-state index in [0.717, 1.165) is 0 Å². The maximum absolute atomic E-state index is 13.5. The van der Waals surface area contributed by atoms with Crippen molar-refractivity contribution in [2.75, 3.05) is 41.1 Å². The van der Waals surface area contributed by atoms with E-state index in [4.69, 9.17) is 14.2 Å². The van der Waals surface area contributed by atoms with E-state index in [-0.39, 0.29) is 48.7 Å². The summed E-state index contributed by atoms with van der Waals surface area (Å²) in [6, 6.07) is 14.9. The third-order valence-corrected chi connectivity index (χ3v) is 8.93. The molecule has 2 aromatic carbocycles. The number of hydrogen-bond donors (Lipinski definition) is 0. The van der Waals surface area contributed by atoms with Crippen LogP contribution in [0.1, 0.15) is 11.3 Å². The molecule has 0 saturated heterocycles. The average molecular weight is 538 g/mol. The SMILES string of the molecule is COCCN(Cc1cnc(S(=O)(=O)Cc2ccccc2)n1CCOC)S(=O)(=O)c1ccc(OC)cc1. The van der Waals surface area contributed by atoms with Gasteiger partial charge < -0.3 is 18.8 Å². The van der Waals surface area contributed by atoms with Gasteiger partial charge in [-0.25, -0.2) is 21.8 Å². The van der Waals surface area contributed by atoms with Crippen LogP contribution >= 0.6 is 0 Å². The molecule has 196 valence electrons. The zero-order valence-corrected chi connectivity index (χ0v) is 22.2. The van der Waals surface area contributed by atoms with E-state index in [9.17, 15) is 16.8 Å². The lowest BCUT2D eigenvalue weighted by Crippen LogP contribution is -2.34. The van der Waals surface area contributed by atoms with Crippen molar-refractivity contribution in [3.05, 3.63) is 72.1 Å². The predicted octanol–water partition coefficient (Wildman–Crippen LogP) is 2.35. The minimum atomic E-state index is -3.93. The van der Waals surface area contributed by atoms with Crippen molar-refractivity contribution in [2.24, 2.45) is 0 Å². The van der Waals surface area contributed by atoms with Gasteiger partial charge in [-0.05, 0) is 29.8 Å². The summed E-state index contributed by atoms with van der Waals surface area (Å²) in [7, 11) is -3.26. The molecule has 36 heavy (non-hydrogen) atoms. The molecule has 1 heterocycles. The Hall–Kier alpha value is -2.77. The van der Waals surface area contributed by atoms with Crippen molar-refractivity contribution < 1.29 is 31.0 Å². The Morgan fingerprint density at radius 2 is 1.56 bits per heavy atom. The molecule has 0 amide bonds. The number of hydrogen-bond acceptors (Lipinski definition) is 8. The number of benzene rings is 2. The first-order chi connectivity index (χ1) is 17.2. The van der Waals surface area contributed by atoms with Crippen LogP contribution < -0.4 is 4.74 Å². The standard InChI is InChI=1S/C24H31N3O7S2/c1-32-15-13-26(36(30,31)23-11-9-22(34-3)10-12-23)18-21-17-25-24(27(21)14-16-33-2)35(28,29)19-20-7-5-4-6-8-20/h4-12,17H,13-16,18-19H2,1-3H3. The summed E-state index contributed by atoms with van der Waals surface area (Å²) in [5, 5.41) is -0.132. The molecule has 12 heteroatoms. The zero-order valence-electron chi connectivity index (χ0n) is 20.5. The van der Waals surface area contributed by atoms with Crippen molar-refractivity contribution in [3.63, 3.8) is 0 Å². The van der Waals surface area contributed by atoms with Gasteiger partial charge in [-0.15, -0.1) is 0 Å². The van der Waals surface area contributed by atoms with Crippen LogP contribution in [0.3, 0.4) is 0 Å². The van der Waals surface area contributed by atoms with E-state index < -0.39 is 19.9 Å². The Morgan fingerprint density at radius 1 is 0.889 bits per heavy atom. The fraction of sp³-hybridized carbons (Fsp3) is 0.375. The third-order valence-electron chi connectivity index (χ3n) is 5.48. The normalized spacial score (nSPS) is 12.2.